The van der Waals surface area contributed by atoms with Crippen molar-refractivity contribution in [2.24, 2.45) is 28.2 Å². The first-order valence-corrected chi connectivity index (χ1v) is 5.38. The second kappa shape index (κ2) is 12.6. The molecule has 2 aromatic rings. The molecule has 0 unspecified atom stereocenters. The maximum absolute atomic E-state index is 8.24. The maximum atomic E-state index is 8.24. The van der Waals surface area contributed by atoms with E-state index in [0.717, 1.165) is 0 Å². The number of imidazole rings is 2. The van der Waals surface area contributed by atoms with E-state index in [9.17, 15) is 0 Å². The standard InChI is InChI=1S/2C5H9N2.2CNO/c2*1-6-3-4-7(2)5-6;2*2-1-3/h2*3-5H,1-2H3;;/q2*+1;2*-1. The van der Waals surface area contributed by atoms with Crippen LogP contribution in [0.5, 0.6) is 0 Å². The number of carbonyl (C=O) groups excluding carboxylic acids is 2. The summed E-state index contributed by atoms with van der Waals surface area (Å²) >= 11 is 0. The highest BCUT2D eigenvalue weighted by atomic mass is 16.1. The molecule has 0 N–H and O–H groups in total. The predicted octanol–water partition coefficient (Wildman–Crippen LogP) is -0.518. The minimum absolute atomic E-state index is 0.500. The van der Waals surface area contributed by atoms with Crippen LogP contribution in [0, 0.1) is 0 Å². The van der Waals surface area contributed by atoms with Gasteiger partial charge in [0.05, 0.1) is 28.2 Å². The van der Waals surface area contributed by atoms with E-state index in [4.69, 9.17) is 20.4 Å². The topological polar surface area (TPSA) is 96.4 Å². The molecule has 2 rings (SSSR count). The summed E-state index contributed by atoms with van der Waals surface area (Å²) < 4.78 is 8.00. The fourth-order valence-corrected chi connectivity index (χ4v) is 1.15. The van der Waals surface area contributed by atoms with Crippen LogP contribution in [0.1, 0.15) is 0 Å². The van der Waals surface area contributed by atoms with Gasteiger partial charge in [0.2, 0.25) is 12.7 Å². The molecule has 0 fully saturated rings. The van der Waals surface area contributed by atoms with Gasteiger partial charge in [-0.05, 0) is 12.2 Å². The summed E-state index contributed by atoms with van der Waals surface area (Å²) in [5.41, 5.74) is 0. The maximum Gasteiger partial charge on any atom is 0.243 e. The van der Waals surface area contributed by atoms with Crippen LogP contribution in [-0.2, 0) is 37.8 Å². The van der Waals surface area contributed by atoms with Gasteiger partial charge < -0.3 is 10.8 Å². The second-order valence-corrected chi connectivity index (χ2v) is 3.67. The van der Waals surface area contributed by atoms with Crippen molar-refractivity contribution in [3.8, 4) is 0 Å². The largest absolute Gasteiger partial charge is 0.724 e. The van der Waals surface area contributed by atoms with Gasteiger partial charge in [-0.25, -0.2) is 18.3 Å². The molecule has 0 amide bonds. The molecule has 0 spiro atoms. The minimum Gasteiger partial charge on any atom is -0.724 e. The zero-order valence-electron chi connectivity index (χ0n) is 12.0. The highest BCUT2D eigenvalue weighted by molar-refractivity contribution is 5.37. The summed E-state index contributed by atoms with van der Waals surface area (Å²) in [5.74, 6) is 0. The van der Waals surface area contributed by atoms with E-state index in [1.807, 2.05) is 83.9 Å². The molecular formula is C12H18N6O2. The van der Waals surface area contributed by atoms with Gasteiger partial charge >= 0.3 is 0 Å². The molecule has 2 heterocycles. The summed E-state index contributed by atoms with van der Waals surface area (Å²) in [6.45, 7) is 0. The molecule has 0 aliphatic carbocycles. The van der Waals surface area contributed by atoms with Gasteiger partial charge in [-0.2, -0.15) is 0 Å². The highest BCUT2D eigenvalue weighted by Crippen LogP contribution is 1.71. The second-order valence-electron chi connectivity index (χ2n) is 3.67. The normalized spacial score (nSPS) is 7.40. The summed E-state index contributed by atoms with van der Waals surface area (Å²) in [6, 6.07) is 0. The van der Waals surface area contributed by atoms with Crippen molar-refractivity contribution in [1.29, 1.82) is 0 Å². The molecule has 0 aliphatic rings. The Balaban J connectivity index is 0. The van der Waals surface area contributed by atoms with E-state index >= 15 is 0 Å². The van der Waals surface area contributed by atoms with E-state index < -0.39 is 0 Å². The average Bonchev–Trinajstić information content (AvgIpc) is 2.90. The Kier molecular flexibility index (Phi) is 12.3. The first-order valence-electron chi connectivity index (χ1n) is 5.38. The molecule has 2 aromatic heterocycles. The van der Waals surface area contributed by atoms with Crippen LogP contribution in [-0.4, -0.2) is 21.3 Å². The molecule has 108 valence electrons. The molecule has 0 saturated carbocycles. The van der Waals surface area contributed by atoms with E-state index in [-0.39, 0.29) is 0 Å². The molecule has 8 nitrogen and oxygen atoms in total. The molecule has 0 aliphatic heterocycles. The van der Waals surface area contributed by atoms with Crippen LogP contribution in [0.25, 0.3) is 10.8 Å². The molecule has 0 saturated heterocycles. The highest BCUT2D eigenvalue weighted by Gasteiger charge is 1.88. The first-order chi connectivity index (χ1) is 9.40. The zero-order valence-corrected chi connectivity index (χ0v) is 12.0. The fraction of sp³-hybridized carbons (Fsp3) is 0.333. The van der Waals surface area contributed by atoms with Gasteiger partial charge in [0.1, 0.15) is 24.8 Å². The predicted molar refractivity (Wildman–Crippen MR) is 71.3 cm³/mol. The van der Waals surface area contributed by atoms with Crippen molar-refractivity contribution in [2.45, 2.75) is 0 Å². The van der Waals surface area contributed by atoms with Crippen molar-refractivity contribution >= 4 is 12.2 Å². The summed E-state index contributed by atoms with van der Waals surface area (Å²) in [6.07, 6.45) is 13.0. The van der Waals surface area contributed by atoms with Gasteiger partial charge in [0.15, 0.2) is 0 Å². The van der Waals surface area contributed by atoms with Gasteiger partial charge in [-0.15, -0.1) is 0 Å². The Morgan fingerprint density at radius 3 is 1.15 bits per heavy atom. The lowest BCUT2D eigenvalue weighted by Crippen LogP contribution is -2.23. The van der Waals surface area contributed by atoms with E-state index in [0.29, 0.717) is 12.2 Å². The molecule has 0 bridgehead atoms. The van der Waals surface area contributed by atoms with Crippen LogP contribution < -0.4 is 9.13 Å². The van der Waals surface area contributed by atoms with Crippen molar-refractivity contribution in [3.63, 3.8) is 0 Å². The lowest BCUT2D eigenvalue weighted by atomic mass is 10.9. The molecule has 0 radical (unpaired) electrons. The molecular weight excluding hydrogens is 260 g/mol. The van der Waals surface area contributed by atoms with Gasteiger partial charge in [0, 0.05) is 0 Å². The van der Waals surface area contributed by atoms with Crippen LogP contribution >= 0.6 is 0 Å². The first kappa shape index (κ1) is 19.5. The molecule has 20 heavy (non-hydrogen) atoms. The van der Waals surface area contributed by atoms with E-state index in [1.165, 1.54) is 0 Å². The summed E-state index contributed by atoms with van der Waals surface area (Å²) in [4.78, 5) is 16.5. The van der Waals surface area contributed by atoms with Crippen LogP contribution in [0.3, 0.4) is 0 Å². The average molecular weight is 278 g/mol. The third-order valence-electron chi connectivity index (χ3n) is 1.80. The fourth-order valence-electron chi connectivity index (χ4n) is 1.15. The quantitative estimate of drug-likeness (QED) is 0.368. The monoisotopic (exact) mass is 278 g/mol. The van der Waals surface area contributed by atoms with Crippen molar-refractivity contribution in [2.75, 3.05) is 0 Å². The Labute approximate surface area is 117 Å². The van der Waals surface area contributed by atoms with Crippen LogP contribution in [0.4, 0.5) is 0 Å². The van der Waals surface area contributed by atoms with Crippen molar-refractivity contribution in [3.05, 3.63) is 48.3 Å². The summed E-state index contributed by atoms with van der Waals surface area (Å²) in [7, 11) is 8.00. The minimum atomic E-state index is 0.500. The number of hydrogen-bond acceptors (Lipinski definition) is 2. The number of nitrogens with zero attached hydrogens (tertiary/aromatic N) is 6. The van der Waals surface area contributed by atoms with Gasteiger partial charge in [-0.3, -0.25) is 9.59 Å². The third kappa shape index (κ3) is 13.2. The molecule has 0 atom stereocenters. The van der Waals surface area contributed by atoms with Crippen LogP contribution in [0.15, 0.2) is 37.4 Å². The number of aromatic nitrogens is 4. The number of isocyanates is 2. The Morgan fingerprint density at radius 1 is 0.850 bits per heavy atom. The molecule has 0 aromatic carbocycles. The number of rotatable bonds is 0. The Bertz CT molecular complexity index is 463. The van der Waals surface area contributed by atoms with Crippen LogP contribution in [0.2, 0.25) is 0 Å². The molecule has 8 heteroatoms. The lowest BCUT2D eigenvalue weighted by molar-refractivity contribution is -0.671. The van der Waals surface area contributed by atoms with Gasteiger partial charge in [0.25, 0.3) is 0 Å². The summed E-state index contributed by atoms with van der Waals surface area (Å²) in [5, 5.41) is 13.5. The van der Waals surface area contributed by atoms with Gasteiger partial charge in [-0.1, -0.05) is 0 Å². The SMILES string of the molecule is Cn1cc[n+](C)c1.Cn1cc[n+](C)c1.[N-]=C=O.[N-]=C=O. The van der Waals surface area contributed by atoms with E-state index in [1.54, 1.807) is 0 Å². The van der Waals surface area contributed by atoms with Crippen molar-refractivity contribution in [1.82, 2.24) is 9.13 Å². The smallest absolute Gasteiger partial charge is 0.243 e. The zero-order chi connectivity index (χ0) is 16.0. The lowest BCUT2D eigenvalue weighted by Gasteiger charge is -1.72. The number of aryl methyl sites for hydroxylation is 4. The number of hydrogen-bond donors (Lipinski definition) is 0. The Morgan fingerprint density at radius 2 is 1.10 bits per heavy atom. The van der Waals surface area contributed by atoms with Crippen molar-refractivity contribution < 1.29 is 18.7 Å². The third-order valence-corrected chi connectivity index (χ3v) is 1.80. The van der Waals surface area contributed by atoms with E-state index in [2.05, 4.69) is 0 Å². The Hall–Kier alpha value is -2.82.